The van der Waals surface area contributed by atoms with Crippen molar-refractivity contribution >= 4 is 23.2 Å². The van der Waals surface area contributed by atoms with Crippen LogP contribution in [0.15, 0.2) is 55.0 Å². The summed E-state index contributed by atoms with van der Waals surface area (Å²) in [6, 6.07) is 12.0. The summed E-state index contributed by atoms with van der Waals surface area (Å²) in [6.45, 7) is 2.57. The number of benzene rings is 1. The molecule has 0 bridgehead atoms. The first-order valence-electron chi connectivity index (χ1n) is 10.7. The second-order valence-corrected chi connectivity index (χ2v) is 8.86. The third kappa shape index (κ3) is 4.01. The molecule has 0 radical (unpaired) electrons. The molecule has 1 aromatic carbocycles. The van der Waals surface area contributed by atoms with Gasteiger partial charge in [-0.05, 0) is 36.7 Å². The summed E-state index contributed by atoms with van der Waals surface area (Å²) in [7, 11) is 3.94. The number of hydrogen-bond acceptors (Lipinski definition) is 4. The number of hydrogen-bond donors (Lipinski definition) is 0. The first-order chi connectivity index (χ1) is 15.5. The van der Waals surface area contributed by atoms with Crippen LogP contribution in [-0.2, 0) is 33.1 Å². The molecule has 0 fully saturated rings. The maximum absolute atomic E-state index is 13.6. The third-order valence-electron chi connectivity index (χ3n) is 5.93. The third-order valence-corrected chi connectivity index (χ3v) is 6.16. The van der Waals surface area contributed by atoms with E-state index in [0.717, 1.165) is 23.3 Å². The lowest BCUT2D eigenvalue weighted by atomic mass is 9.99. The van der Waals surface area contributed by atoms with Gasteiger partial charge < -0.3 is 9.30 Å². The summed E-state index contributed by atoms with van der Waals surface area (Å²) in [5, 5.41) is 4.86. The molecule has 4 heterocycles. The monoisotopic (exact) mass is 448 g/mol. The number of rotatable bonds is 5. The summed E-state index contributed by atoms with van der Waals surface area (Å²) in [4.78, 5) is 22.4. The maximum atomic E-state index is 13.6. The summed E-state index contributed by atoms with van der Waals surface area (Å²) in [5.74, 6) is -0.0379. The fourth-order valence-corrected chi connectivity index (χ4v) is 4.55. The van der Waals surface area contributed by atoms with Gasteiger partial charge in [-0.3, -0.25) is 14.4 Å². The van der Waals surface area contributed by atoms with Gasteiger partial charge in [0.2, 0.25) is 0 Å². The van der Waals surface area contributed by atoms with Crippen LogP contribution in [0, 0.1) is 0 Å². The van der Waals surface area contributed by atoms with Crippen molar-refractivity contribution in [1.29, 1.82) is 0 Å². The van der Waals surface area contributed by atoms with Gasteiger partial charge in [0.15, 0.2) is 5.69 Å². The first-order valence-corrected chi connectivity index (χ1v) is 11.0. The molecule has 0 atom stereocenters. The predicted molar refractivity (Wildman–Crippen MR) is 123 cm³/mol. The Bertz CT molecular complexity index is 1290. The minimum Gasteiger partial charge on any atom is -0.333 e. The zero-order chi connectivity index (χ0) is 22.2. The number of halogens is 1. The Morgan fingerprint density at radius 2 is 1.94 bits per heavy atom. The van der Waals surface area contributed by atoms with Crippen LogP contribution < -0.4 is 0 Å². The highest BCUT2D eigenvalue weighted by atomic mass is 35.5. The maximum Gasteiger partial charge on any atom is 0.274 e. The van der Waals surface area contributed by atoms with E-state index in [-0.39, 0.29) is 5.91 Å². The van der Waals surface area contributed by atoms with Crippen molar-refractivity contribution in [3.05, 3.63) is 88.1 Å². The lowest BCUT2D eigenvalue weighted by Crippen LogP contribution is -2.37. The molecule has 7 nitrogen and oxygen atoms in total. The smallest absolute Gasteiger partial charge is 0.274 e. The van der Waals surface area contributed by atoms with Crippen LogP contribution in [0.25, 0.3) is 5.65 Å². The standard InChI is InChI=1S/C24H25ClN6O/c1-28(12-17-11-26-29(2)13-17)16-21-23(27-22-8-7-20(25)15-31(21)22)24(32)30-10-9-18-5-3-4-6-19(18)14-30/h3-8,11,13,15H,9-10,12,14,16H2,1-2H3. The highest BCUT2D eigenvalue weighted by molar-refractivity contribution is 6.30. The summed E-state index contributed by atoms with van der Waals surface area (Å²) >= 11 is 6.28. The van der Waals surface area contributed by atoms with Crippen molar-refractivity contribution in [2.45, 2.75) is 26.1 Å². The molecule has 0 spiro atoms. The SMILES string of the molecule is CN(Cc1cnn(C)c1)Cc1c(C(=O)N2CCc3ccccc3C2)nc2ccc(Cl)cn12. The van der Waals surface area contributed by atoms with Gasteiger partial charge in [0.25, 0.3) is 5.91 Å². The zero-order valence-electron chi connectivity index (χ0n) is 18.2. The average molecular weight is 449 g/mol. The van der Waals surface area contributed by atoms with Crippen molar-refractivity contribution in [1.82, 2.24) is 29.0 Å². The van der Waals surface area contributed by atoms with Crippen LogP contribution >= 0.6 is 11.6 Å². The molecule has 32 heavy (non-hydrogen) atoms. The number of imidazole rings is 1. The Kier molecular flexibility index (Phi) is 5.45. The molecule has 1 amide bonds. The lowest BCUT2D eigenvalue weighted by molar-refractivity contribution is 0.0727. The minimum atomic E-state index is -0.0379. The van der Waals surface area contributed by atoms with E-state index < -0.39 is 0 Å². The van der Waals surface area contributed by atoms with Crippen molar-refractivity contribution < 1.29 is 4.79 Å². The largest absolute Gasteiger partial charge is 0.333 e. The van der Waals surface area contributed by atoms with Gasteiger partial charge in [0, 0.05) is 51.2 Å². The Morgan fingerprint density at radius 3 is 2.72 bits per heavy atom. The van der Waals surface area contributed by atoms with Crippen LogP contribution in [0.1, 0.15) is 32.9 Å². The Hall–Kier alpha value is -3.16. The molecule has 8 heteroatoms. The van der Waals surface area contributed by atoms with E-state index in [2.05, 4.69) is 28.2 Å². The van der Waals surface area contributed by atoms with Crippen molar-refractivity contribution in [3.8, 4) is 0 Å². The molecule has 164 valence electrons. The Morgan fingerprint density at radius 1 is 1.12 bits per heavy atom. The minimum absolute atomic E-state index is 0.0379. The zero-order valence-corrected chi connectivity index (χ0v) is 19.0. The molecule has 1 aliphatic heterocycles. The van der Waals surface area contributed by atoms with Gasteiger partial charge in [0.05, 0.1) is 16.9 Å². The Balaban J connectivity index is 1.46. The second-order valence-electron chi connectivity index (χ2n) is 8.42. The first kappa shape index (κ1) is 20.7. The van der Waals surface area contributed by atoms with Gasteiger partial charge in [-0.25, -0.2) is 4.98 Å². The van der Waals surface area contributed by atoms with Gasteiger partial charge in [0.1, 0.15) is 5.65 Å². The van der Waals surface area contributed by atoms with E-state index in [1.165, 1.54) is 11.1 Å². The normalized spacial score (nSPS) is 13.7. The van der Waals surface area contributed by atoms with Crippen LogP contribution in [0.4, 0.5) is 0 Å². The van der Waals surface area contributed by atoms with Gasteiger partial charge in [-0.15, -0.1) is 0 Å². The van der Waals surface area contributed by atoms with Gasteiger partial charge in [-0.2, -0.15) is 5.10 Å². The van der Waals surface area contributed by atoms with Crippen molar-refractivity contribution in [3.63, 3.8) is 0 Å². The van der Waals surface area contributed by atoms with E-state index in [1.807, 2.05) is 54.1 Å². The molecule has 0 unspecified atom stereocenters. The molecule has 0 aliphatic carbocycles. The number of nitrogens with zero attached hydrogens (tertiary/aromatic N) is 6. The van der Waals surface area contributed by atoms with Crippen molar-refractivity contribution in [2.24, 2.45) is 7.05 Å². The summed E-state index contributed by atoms with van der Waals surface area (Å²) in [5.41, 5.74) is 5.69. The van der Waals surface area contributed by atoms with E-state index in [1.54, 1.807) is 10.7 Å². The number of pyridine rings is 1. The number of amides is 1. The van der Waals surface area contributed by atoms with Crippen LogP contribution in [-0.4, -0.2) is 48.5 Å². The van der Waals surface area contributed by atoms with E-state index >= 15 is 0 Å². The van der Waals surface area contributed by atoms with Crippen LogP contribution in [0.3, 0.4) is 0 Å². The highest BCUT2D eigenvalue weighted by Crippen LogP contribution is 2.24. The quantitative estimate of drug-likeness (QED) is 0.468. The van der Waals surface area contributed by atoms with Gasteiger partial charge >= 0.3 is 0 Å². The van der Waals surface area contributed by atoms with Gasteiger partial charge in [-0.1, -0.05) is 35.9 Å². The summed E-state index contributed by atoms with van der Waals surface area (Å²) < 4.78 is 3.73. The molecule has 0 N–H and O–H groups in total. The topological polar surface area (TPSA) is 58.7 Å². The fourth-order valence-electron chi connectivity index (χ4n) is 4.39. The molecule has 1 aliphatic rings. The number of fused-ring (bicyclic) bond motifs is 2. The molecule has 0 saturated carbocycles. The van der Waals surface area contributed by atoms with E-state index in [0.29, 0.717) is 36.9 Å². The predicted octanol–water partition coefficient (Wildman–Crippen LogP) is 3.55. The molecule has 3 aromatic heterocycles. The van der Waals surface area contributed by atoms with Crippen LogP contribution in [0.5, 0.6) is 0 Å². The van der Waals surface area contributed by atoms with Crippen LogP contribution in [0.2, 0.25) is 5.02 Å². The molecule has 5 rings (SSSR count). The Labute approximate surface area is 191 Å². The summed E-state index contributed by atoms with van der Waals surface area (Å²) in [6.07, 6.45) is 6.55. The number of aromatic nitrogens is 4. The van der Waals surface area contributed by atoms with E-state index in [9.17, 15) is 4.79 Å². The average Bonchev–Trinajstić information content (AvgIpc) is 3.35. The van der Waals surface area contributed by atoms with Crippen molar-refractivity contribution in [2.75, 3.05) is 13.6 Å². The number of carbonyl (C=O) groups excluding carboxylic acids is 1. The molecule has 0 saturated heterocycles. The number of carbonyl (C=O) groups is 1. The molecule has 4 aromatic rings. The molecular weight excluding hydrogens is 424 g/mol. The lowest BCUT2D eigenvalue weighted by Gasteiger charge is -2.28. The highest BCUT2D eigenvalue weighted by Gasteiger charge is 2.27. The number of aryl methyl sites for hydroxylation is 1. The fraction of sp³-hybridized carbons (Fsp3) is 0.292. The van der Waals surface area contributed by atoms with E-state index in [4.69, 9.17) is 16.6 Å². The second kappa shape index (κ2) is 8.41. The molecular formula is C24H25ClN6O.